The van der Waals surface area contributed by atoms with Crippen LogP contribution in [0.1, 0.15) is 41.5 Å². The molecule has 2 N–H and O–H groups in total. The first kappa shape index (κ1) is 20.6. The van der Waals surface area contributed by atoms with E-state index in [4.69, 9.17) is 4.74 Å². The van der Waals surface area contributed by atoms with Crippen LogP contribution in [0, 0.1) is 10.1 Å². The highest BCUT2D eigenvalue weighted by Crippen LogP contribution is 2.26. The summed E-state index contributed by atoms with van der Waals surface area (Å²) in [5, 5.41) is 22.3. The molecule has 27 heavy (non-hydrogen) atoms. The van der Waals surface area contributed by atoms with Crippen molar-refractivity contribution in [2.45, 2.75) is 32.4 Å². The first-order valence-electron chi connectivity index (χ1n) is 8.42. The van der Waals surface area contributed by atoms with Crippen LogP contribution in [-0.2, 0) is 4.84 Å². The zero-order valence-electron chi connectivity index (χ0n) is 15.4. The first-order valence-corrected chi connectivity index (χ1v) is 8.42. The summed E-state index contributed by atoms with van der Waals surface area (Å²) in [5.41, 5.74) is 0.216. The van der Waals surface area contributed by atoms with Crippen molar-refractivity contribution >= 4 is 11.8 Å². The van der Waals surface area contributed by atoms with Gasteiger partial charge in [-0.05, 0) is 39.0 Å². The summed E-state index contributed by atoms with van der Waals surface area (Å²) < 4.78 is 5.50. The number of hydrogen-bond donors (Lipinski definition) is 2. The number of nitrogens with one attached hydrogen (secondary N) is 1. The van der Waals surface area contributed by atoms with Crippen molar-refractivity contribution in [2.24, 2.45) is 0 Å². The molecule has 148 valence electrons. The lowest BCUT2D eigenvalue weighted by molar-refractivity contribution is -0.757. The quantitative estimate of drug-likeness (QED) is 0.361. The van der Waals surface area contributed by atoms with Crippen molar-refractivity contribution in [3.8, 4) is 5.75 Å². The van der Waals surface area contributed by atoms with Crippen LogP contribution in [0.4, 0.5) is 0 Å². The van der Waals surface area contributed by atoms with E-state index < -0.39 is 29.6 Å². The molecule has 0 aromatic heterocycles. The van der Waals surface area contributed by atoms with Crippen molar-refractivity contribution in [1.29, 1.82) is 0 Å². The molecule has 0 aliphatic carbocycles. The number of carbonyl (C=O) groups is 2. The molecule has 0 fully saturated rings. The molecule has 1 aliphatic rings. The lowest BCUT2D eigenvalue weighted by atomic mass is 10.1. The zero-order valence-corrected chi connectivity index (χ0v) is 15.4. The van der Waals surface area contributed by atoms with Gasteiger partial charge in [-0.25, -0.2) is 0 Å². The lowest BCUT2D eigenvalue weighted by Crippen LogP contribution is -2.42. The molecule has 1 heterocycles. The van der Waals surface area contributed by atoms with Gasteiger partial charge in [-0.2, -0.15) is 0 Å². The summed E-state index contributed by atoms with van der Waals surface area (Å²) in [4.78, 5) is 39.8. The van der Waals surface area contributed by atoms with E-state index >= 15 is 0 Å². The predicted octanol–water partition coefficient (Wildman–Crippen LogP) is 0.619. The third-order valence-electron chi connectivity index (χ3n) is 3.76. The van der Waals surface area contributed by atoms with Crippen molar-refractivity contribution in [3.05, 3.63) is 39.4 Å². The molecular formula is C17H23N3O7. The monoisotopic (exact) mass is 381 g/mol. The van der Waals surface area contributed by atoms with Crippen LogP contribution < -0.4 is 10.1 Å². The summed E-state index contributed by atoms with van der Waals surface area (Å²) in [6, 6.07) is 4.41. The second-order valence-corrected chi connectivity index (χ2v) is 7.12. The minimum Gasteiger partial charge on any atom is -0.491 e. The Kier molecular flexibility index (Phi) is 6.34. The maximum atomic E-state index is 12.4. The Morgan fingerprint density at radius 3 is 2.56 bits per heavy atom. The molecule has 0 saturated heterocycles. The molecule has 1 atom stereocenters. The number of amides is 2. The Bertz CT molecular complexity index is 730. The van der Waals surface area contributed by atoms with Crippen LogP contribution in [0.3, 0.4) is 0 Å². The van der Waals surface area contributed by atoms with E-state index in [0.29, 0.717) is 12.3 Å². The van der Waals surface area contributed by atoms with Gasteiger partial charge in [0.15, 0.2) is 0 Å². The summed E-state index contributed by atoms with van der Waals surface area (Å²) in [5.74, 6) is -0.765. The highest BCUT2D eigenvalue weighted by Gasteiger charge is 2.35. The second-order valence-electron chi connectivity index (χ2n) is 7.12. The van der Waals surface area contributed by atoms with Crippen LogP contribution >= 0.6 is 0 Å². The van der Waals surface area contributed by atoms with Crippen molar-refractivity contribution < 1.29 is 29.4 Å². The zero-order chi connectivity index (χ0) is 20.2. The van der Waals surface area contributed by atoms with E-state index in [9.17, 15) is 24.8 Å². The Hall–Kier alpha value is -2.72. The van der Waals surface area contributed by atoms with Crippen LogP contribution in [0.25, 0.3) is 0 Å². The molecule has 2 amide bonds. The van der Waals surface area contributed by atoms with Gasteiger partial charge in [-0.1, -0.05) is 0 Å². The average molecular weight is 381 g/mol. The Morgan fingerprint density at radius 2 is 1.93 bits per heavy atom. The third kappa shape index (κ3) is 5.63. The number of hydrogen-bond acceptors (Lipinski definition) is 8. The van der Waals surface area contributed by atoms with Crippen LogP contribution in [0.15, 0.2) is 18.2 Å². The fourth-order valence-electron chi connectivity index (χ4n) is 2.44. The second kappa shape index (κ2) is 8.31. The molecule has 0 spiro atoms. The minimum absolute atomic E-state index is 0.0182. The van der Waals surface area contributed by atoms with E-state index in [0.717, 1.165) is 4.90 Å². The summed E-state index contributed by atoms with van der Waals surface area (Å²) in [7, 11) is 0. The number of nitrogens with zero attached hydrogens (tertiary/aromatic N) is 2. The van der Waals surface area contributed by atoms with Gasteiger partial charge in [0.1, 0.15) is 25.1 Å². The smallest absolute Gasteiger partial charge is 0.294 e. The molecular weight excluding hydrogens is 358 g/mol. The van der Waals surface area contributed by atoms with Gasteiger partial charge in [0.05, 0.1) is 17.7 Å². The van der Waals surface area contributed by atoms with Crippen LogP contribution in [0.5, 0.6) is 5.75 Å². The summed E-state index contributed by atoms with van der Waals surface area (Å²) in [6.45, 7) is 5.68. The lowest BCUT2D eigenvalue weighted by Gasteiger charge is -2.23. The van der Waals surface area contributed by atoms with E-state index in [1.165, 1.54) is 18.2 Å². The Labute approximate surface area is 156 Å². The van der Waals surface area contributed by atoms with Crippen LogP contribution in [-0.4, -0.2) is 64.9 Å². The number of carbonyl (C=O) groups excluding carboxylic acids is 2. The van der Waals surface area contributed by atoms with E-state index in [1.807, 2.05) is 20.8 Å². The number of fused-ring (bicyclic) bond motifs is 1. The normalized spacial score (nSPS) is 14.9. The molecule has 0 radical (unpaired) electrons. The summed E-state index contributed by atoms with van der Waals surface area (Å²) >= 11 is 0. The van der Waals surface area contributed by atoms with Crippen molar-refractivity contribution in [2.75, 3.05) is 26.3 Å². The van der Waals surface area contributed by atoms with Crippen molar-refractivity contribution in [3.63, 3.8) is 0 Å². The minimum atomic E-state index is -0.982. The van der Waals surface area contributed by atoms with Gasteiger partial charge in [0, 0.05) is 12.1 Å². The largest absolute Gasteiger partial charge is 0.491 e. The van der Waals surface area contributed by atoms with Crippen molar-refractivity contribution in [1.82, 2.24) is 10.2 Å². The first-order chi connectivity index (χ1) is 12.6. The summed E-state index contributed by atoms with van der Waals surface area (Å²) in [6.07, 6.45) is -0.745. The number of ether oxygens (including phenoxy) is 1. The third-order valence-corrected chi connectivity index (χ3v) is 3.76. The van der Waals surface area contributed by atoms with Gasteiger partial charge in [-0.15, -0.1) is 10.1 Å². The van der Waals surface area contributed by atoms with E-state index in [1.54, 1.807) is 0 Å². The van der Waals surface area contributed by atoms with Gasteiger partial charge in [0.25, 0.3) is 16.9 Å². The number of aliphatic hydroxyl groups is 1. The molecule has 0 bridgehead atoms. The Balaban J connectivity index is 1.95. The molecule has 10 nitrogen and oxygen atoms in total. The molecule has 1 aromatic rings. The number of benzene rings is 1. The standard InChI is InChI=1S/C17H23N3O7/c1-17(2,3)18-9-11(21)10-26-12-4-5-13-14(8-12)16(23)19(15(13)22)6-7-27-20(24)25/h4-5,8,11,18,21H,6-7,9-10H2,1-3H3. The molecule has 0 saturated carbocycles. The number of rotatable bonds is 9. The average Bonchev–Trinajstić information content (AvgIpc) is 2.82. The predicted molar refractivity (Wildman–Crippen MR) is 94.0 cm³/mol. The highest BCUT2D eigenvalue weighted by atomic mass is 16.9. The maximum Gasteiger partial charge on any atom is 0.294 e. The highest BCUT2D eigenvalue weighted by molar-refractivity contribution is 6.21. The van der Waals surface area contributed by atoms with E-state index in [-0.39, 0.29) is 29.8 Å². The fourth-order valence-corrected chi connectivity index (χ4v) is 2.44. The van der Waals surface area contributed by atoms with Crippen LogP contribution in [0.2, 0.25) is 0 Å². The van der Waals surface area contributed by atoms with Gasteiger partial charge in [0.2, 0.25) is 0 Å². The maximum absolute atomic E-state index is 12.4. The topological polar surface area (TPSA) is 131 Å². The van der Waals surface area contributed by atoms with Gasteiger partial charge >= 0.3 is 0 Å². The fraction of sp³-hybridized carbons (Fsp3) is 0.529. The SMILES string of the molecule is CC(C)(C)NCC(O)COc1ccc2c(c1)C(=O)N(CCO[N+](=O)[O-])C2=O. The van der Waals surface area contributed by atoms with Gasteiger partial charge < -0.3 is 20.0 Å². The van der Waals surface area contributed by atoms with Gasteiger partial charge in [-0.3, -0.25) is 14.5 Å². The molecule has 10 heteroatoms. The van der Waals surface area contributed by atoms with E-state index in [2.05, 4.69) is 10.2 Å². The Morgan fingerprint density at radius 1 is 1.26 bits per heavy atom. The number of aliphatic hydroxyl groups excluding tert-OH is 1. The molecule has 1 aromatic carbocycles. The number of imide groups is 1. The number of β-amino-alcohol motifs (C(OH)–C–C–N with tert-alkyl or cyclic N) is 1. The molecule has 1 aliphatic heterocycles. The molecule has 2 rings (SSSR count). The molecule has 1 unspecified atom stereocenters.